The molecule has 8 heteroatoms. The second-order valence-corrected chi connectivity index (χ2v) is 8.23. The number of carbonyl (C=O) groups is 1. The van der Waals surface area contributed by atoms with E-state index in [0.29, 0.717) is 5.52 Å². The average molecular weight is 336 g/mol. The molecule has 1 amide bonds. The summed E-state index contributed by atoms with van der Waals surface area (Å²) in [6.45, 7) is 5.04. The molecule has 1 aliphatic rings. The molecule has 0 spiro atoms. The summed E-state index contributed by atoms with van der Waals surface area (Å²) in [7, 11) is -3.66. The van der Waals surface area contributed by atoms with Crippen molar-refractivity contribution in [3.05, 3.63) is 30.1 Å². The quantitative estimate of drug-likeness (QED) is 0.912. The molecule has 7 nitrogen and oxygen atoms in total. The van der Waals surface area contributed by atoms with Gasteiger partial charge in [0.25, 0.3) is 5.91 Å². The summed E-state index contributed by atoms with van der Waals surface area (Å²) >= 11 is 0. The van der Waals surface area contributed by atoms with E-state index in [0.717, 1.165) is 31.6 Å². The average Bonchev–Trinajstić information content (AvgIpc) is 3.15. The second-order valence-electron chi connectivity index (χ2n) is 5.99. The third-order valence-corrected chi connectivity index (χ3v) is 5.79. The van der Waals surface area contributed by atoms with Crippen molar-refractivity contribution in [1.29, 1.82) is 0 Å². The Morgan fingerprint density at radius 1 is 1.30 bits per heavy atom. The molecule has 23 heavy (non-hydrogen) atoms. The summed E-state index contributed by atoms with van der Waals surface area (Å²) in [5.74, 6) is -0.646. The maximum Gasteiger partial charge on any atom is 0.268 e. The molecule has 1 aliphatic heterocycles. The Morgan fingerprint density at radius 3 is 2.65 bits per heavy atom. The van der Waals surface area contributed by atoms with E-state index >= 15 is 0 Å². The molecule has 3 heterocycles. The fourth-order valence-corrected chi connectivity index (χ4v) is 3.22. The van der Waals surface area contributed by atoms with Gasteiger partial charge in [0, 0.05) is 25.0 Å². The molecule has 0 bridgehead atoms. The van der Waals surface area contributed by atoms with E-state index in [4.69, 9.17) is 0 Å². The van der Waals surface area contributed by atoms with Crippen molar-refractivity contribution in [2.75, 3.05) is 18.0 Å². The van der Waals surface area contributed by atoms with Gasteiger partial charge in [0.05, 0.1) is 22.5 Å². The predicted molar refractivity (Wildman–Crippen MR) is 88.2 cm³/mol. The number of nitrogens with zero attached hydrogens (tertiary/aromatic N) is 3. The van der Waals surface area contributed by atoms with Crippen LogP contribution in [0.4, 0.5) is 5.69 Å². The number of pyridine rings is 1. The van der Waals surface area contributed by atoms with E-state index in [2.05, 4.69) is 14.7 Å². The topological polar surface area (TPSA) is 83.8 Å². The molecule has 0 unspecified atom stereocenters. The first-order chi connectivity index (χ1) is 10.9. The Balaban J connectivity index is 1.94. The SMILES string of the molecule is CC(C)S(=O)(=O)NC(=O)c1cnn2ccc(N3CCCC3)cc12. The standard InChI is InChI=1S/C15H20N4O3S/c1-11(2)23(21,22)17-15(20)13-10-16-19-8-5-12(9-14(13)19)18-6-3-4-7-18/h5,8-11H,3-4,6-7H2,1-2H3,(H,17,20). The van der Waals surface area contributed by atoms with Crippen molar-refractivity contribution in [3.63, 3.8) is 0 Å². The van der Waals surface area contributed by atoms with E-state index in [1.165, 1.54) is 20.0 Å². The van der Waals surface area contributed by atoms with Crippen LogP contribution in [0, 0.1) is 0 Å². The summed E-state index contributed by atoms with van der Waals surface area (Å²) in [4.78, 5) is 14.6. The van der Waals surface area contributed by atoms with Crippen molar-refractivity contribution in [1.82, 2.24) is 14.3 Å². The molecule has 0 radical (unpaired) electrons. The van der Waals surface area contributed by atoms with Gasteiger partial charge in [0.1, 0.15) is 0 Å². The molecule has 1 saturated heterocycles. The van der Waals surface area contributed by atoms with Gasteiger partial charge in [-0.15, -0.1) is 0 Å². The Kier molecular flexibility index (Phi) is 4.01. The number of hydrogen-bond acceptors (Lipinski definition) is 5. The number of rotatable bonds is 4. The predicted octanol–water partition coefficient (Wildman–Crippen LogP) is 1.40. The summed E-state index contributed by atoms with van der Waals surface area (Å²) in [6, 6.07) is 3.84. The highest BCUT2D eigenvalue weighted by atomic mass is 32.2. The maximum absolute atomic E-state index is 12.3. The number of anilines is 1. The lowest BCUT2D eigenvalue weighted by molar-refractivity contribution is 0.0982. The number of carbonyl (C=O) groups excluding carboxylic acids is 1. The van der Waals surface area contributed by atoms with E-state index < -0.39 is 21.2 Å². The fourth-order valence-electron chi connectivity index (χ4n) is 2.62. The molecule has 0 aliphatic carbocycles. The highest BCUT2D eigenvalue weighted by molar-refractivity contribution is 7.90. The molecule has 2 aromatic rings. The van der Waals surface area contributed by atoms with Crippen molar-refractivity contribution in [2.24, 2.45) is 0 Å². The Morgan fingerprint density at radius 2 is 2.00 bits per heavy atom. The molecular weight excluding hydrogens is 316 g/mol. The summed E-state index contributed by atoms with van der Waals surface area (Å²) in [6.07, 6.45) is 5.50. The van der Waals surface area contributed by atoms with Crippen LogP contribution in [0.5, 0.6) is 0 Å². The maximum atomic E-state index is 12.3. The fraction of sp³-hybridized carbons (Fsp3) is 0.467. The third kappa shape index (κ3) is 3.03. The van der Waals surface area contributed by atoms with Crippen molar-refractivity contribution < 1.29 is 13.2 Å². The first-order valence-corrected chi connectivity index (χ1v) is 9.21. The number of sulfonamides is 1. The van der Waals surface area contributed by atoms with E-state index in [-0.39, 0.29) is 5.56 Å². The van der Waals surface area contributed by atoms with Gasteiger partial charge in [0.15, 0.2) is 0 Å². The smallest absolute Gasteiger partial charge is 0.268 e. The van der Waals surface area contributed by atoms with Crippen LogP contribution >= 0.6 is 0 Å². The molecule has 3 rings (SSSR count). The first kappa shape index (κ1) is 15.8. The van der Waals surface area contributed by atoms with Gasteiger partial charge in [-0.25, -0.2) is 17.7 Å². The lowest BCUT2D eigenvalue weighted by Gasteiger charge is -2.17. The van der Waals surface area contributed by atoms with Crippen molar-refractivity contribution in [3.8, 4) is 0 Å². The number of aromatic nitrogens is 2. The molecule has 0 aromatic carbocycles. The monoisotopic (exact) mass is 336 g/mol. The minimum absolute atomic E-state index is 0.260. The second kappa shape index (κ2) is 5.84. The van der Waals surface area contributed by atoms with Crippen LogP contribution in [-0.4, -0.2) is 42.3 Å². The van der Waals surface area contributed by atoms with Crippen LogP contribution in [0.25, 0.3) is 5.52 Å². The number of hydrogen-bond donors (Lipinski definition) is 1. The van der Waals surface area contributed by atoms with Crippen LogP contribution in [0.3, 0.4) is 0 Å². The van der Waals surface area contributed by atoms with E-state index in [1.54, 1.807) is 10.7 Å². The molecule has 2 aromatic heterocycles. The molecule has 1 fully saturated rings. The van der Waals surface area contributed by atoms with Gasteiger partial charge < -0.3 is 4.90 Å². The van der Waals surface area contributed by atoms with Crippen LogP contribution < -0.4 is 9.62 Å². The van der Waals surface area contributed by atoms with Gasteiger partial charge in [-0.1, -0.05) is 0 Å². The number of amides is 1. The van der Waals surface area contributed by atoms with Gasteiger partial charge in [-0.05, 0) is 38.8 Å². The summed E-state index contributed by atoms with van der Waals surface area (Å²) in [5.41, 5.74) is 1.89. The summed E-state index contributed by atoms with van der Waals surface area (Å²) in [5, 5.41) is 3.45. The lowest BCUT2D eigenvalue weighted by atomic mass is 10.2. The van der Waals surface area contributed by atoms with E-state index in [1.807, 2.05) is 12.1 Å². The van der Waals surface area contributed by atoms with E-state index in [9.17, 15) is 13.2 Å². The molecule has 1 N–H and O–H groups in total. The highest BCUT2D eigenvalue weighted by Crippen LogP contribution is 2.23. The van der Waals surface area contributed by atoms with Crippen LogP contribution in [0.15, 0.2) is 24.5 Å². The first-order valence-electron chi connectivity index (χ1n) is 7.67. The van der Waals surface area contributed by atoms with Crippen LogP contribution in [0.2, 0.25) is 0 Å². The Bertz CT molecular complexity index is 836. The van der Waals surface area contributed by atoms with Crippen molar-refractivity contribution in [2.45, 2.75) is 31.9 Å². The third-order valence-electron chi connectivity index (χ3n) is 4.08. The van der Waals surface area contributed by atoms with Gasteiger partial charge in [-0.3, -0.25) is 4.79 Å². The molecule has 0 saturated carbocycles. The Labute approximate surface area is 135 Å². The number of nitrogens with one attached hydrogen (secondary N) is 1. The largest absolute Gasteiger partial charge is 0.371 e. The van der Waals surface area contributed by atoms with Gasteiger partial charge >= 0.3 is 0 Å². The number of fused-ring (bicyclic) bond motifs is 1. The highest BCUT2D eigenvalue weighted by Gasteiger charge is 2.23. The minimum atomic E-state index is -3.66. The molecule has 124 valence electrons. The summed E-state index contributed by atoms with van der Waals surface area (Å²) < 4.78 is 27.4. The van der Waals surface area contributed by atoms with Gasteiger partial charge in [-0.2, -0.15) is 5.10 Å². The normalized spacial score (nSPS) is 15.5. The van der Waals surface area contributed by atoms with Gasteiger partial charge in [0.2, 0.25) is 10.0 Å². The van der Waals surface area contributed by atoms with Crippen LogP contribution in [-0.2, 0) is 10.0 Å². The van der Waals surface area contributed by atoms with Crippen molar-refractivity contribution >= 4 is 27.1 Å². The Hall–Kier alpha value is -2.09. The lowest BCUT2D eigenvalue weighted by Crippen LogP contribution is -2.35. The zero-order valence-corrected chi connectivity index (χ0v) is 14.0. The molecule has 0 atom stereocenters. The van der Waals surface area contributed by atoms with Crippen LogP contribution in [0.1, 0.15) is 37.0 Å². The zero-order chi connectivity index (χ0) is 16.6. The zero-order valence-electron chi connectivity index (χ0n) is 13.2. The minimum Gasteiger partial charge on any atom is -0.371 e. The molecular formula is C15H20N4O3S.